The maximum Gasteiger partial charge on any atom is 0.200 e. The first kappa shape index (κ1) is 26.2. The molecule has 0 aromatic heterocycles. The Morgan fingerprint density at radius 3 is 2.00 bits per heavy atom. The van der Waals surface area contributed by atoms with Gasteiger partial charge in [-0.3, -0.25) is 0 Å². The van der Waals surface area contributed by atoms with E-state index in [1.54, 1.807) is 7.11 Å². The quantitative estimate of drug-likeness (QED) is 0.151. The molecule has 162 valence electrons. The Bertz CT molecular complexity index is 581. The van der Waals surface area contributed by atoms with Crippen molar-refractivity contribution in [1.29, 1.82) is 0 Å². The van der Waals surface area contributed by atoms with Crippen LogP contribution < -0.4 is 4.74 Å². The van der Waals surface area contributed by atoms with Gasteiger partial charge in [-0.1, -0.05) is 85.9 Å². The van der Waals surface area contributed by atoms with E-state index >= 15 is 0 Å². The average molecular weight is 536 g/mol. The third-order valence-corrected chi connectivity index (χ3v) is 14.1. The number of methoxy groups -OCH3 is 1. The van der Waals surface area contributed by atoms with E-state index in [0.717, 1.165) is 30.5 Å². The standard InChI is InChI=1S/C23H40Br2O2Si/c1-16(2)28(17(3)4,18(5)6)27-14-10-9-11-20(15-24)22-21(26-8)13-12-19(7)23(22)25/h12-13,16-18,20H,9-11,14-15H2,1-8H3. The summed E-state index contributed by atoms with van der Waals surface area (Å²) in [5.74, 6) is 1.41. The van der Waals surface area contributed by atoms with E-state index in [1.165, 1.54) is 22.0 Å². The number of halogens is 2. The second-order valence-corrected chi connectivity index (χ2v) is 15.7. The fraction of sp³-hybridized carbons (Fsp3) is 0.739. The topological polar surface area (TPSA) is 18.5 Å². The lowest BCUT2D eigenvalue weighted by Gasteiger charge is -2.42. The van der Waals surface area contributed by atoms with Gasteiger partial charge in [-0.25, -0.2) is 0 Å². The first-order chi connectivity index (χ1) is 13.1. The molecular weight excluding hydrogens is 496 g/mol. The molecule has 5 heteroatoms. The van der Waals surface area contributed by atoms with Crippen LogP contribution in [0.3, 0.4) is 0 Å². The largest absolute Gasteiger partial charge is 0.496 e. The van der Waals surface area contributed by atoms with Crippen molar-refractivity contribution in [1.82, 2.24) is 0 Å². The minimum Gasteiger partial charge on any atom is -0.496 e. The Morgan fingerprint density at radius 1 is 0.964 bits per heavy atom. The zero-order valence-electron chi connectivity index (χ0n) is 19.1. The molecule has 1 aromatic rings. The molecule has 0 spiro atoms. The van der Waals surface area contributed by atoms with Crippen LogP contribution in [0.25, 0.3) is 0 Å². The molecule has 28 heavy (non-hydrogen) atoms. The number of hydrogen-bond donors (Lipinski definition) is 0. The summed E-state index contributed by atoms with van der Waals surface area (Å²) in [5.41, 5.74) is 4.49. The molecule has 0 amide bonds. The Hall–Kier alpha value is 0.157. The van der Waals surface area contributed by atoms with Crippen LogP contribution in [0.15, 0.2) is 16.6 Å². The van der Waals surface area contributed by atoms with Crippen LogP contribution >= 0.6 is 31.9 Å². The maximum absolute atomic E-state index is 6.72. The Kier molecular flexibility index (Phi) is 11.3. The molecule has 2 nitrogen and oxygen atoms in total. The number of alkyl halides is 1. The zero-order chi connectivity index (χ0) is 21.5. The summed E-state index contributed by atoms with van der Waals surface area (Å²) in [6.45, 7) is 17.2. The molecule has 0 heterocycles. The van der Waals surface area contributed by atoms with Crippen molar-refractivity contribution < 1.29 is 9.16 Å². The van der Waals surface area contributed by atoms with E-state index in [-0.39, 0.29) is 0 Å². The minimum atomic E-state index is -1.74. The average Bonchev–Trinajstić information content (AvgIpc) is 2.63. The summed E-state index contributed by atoms with van der Waals surface area (Å²) >= 11 is 7.52. The van der Waals surface area contributed by atoms with Crippen LogP contribution in [-0.4, -0.2) is 27.4 Å². The van der Waals surface area contributed by atoms with Crippen LogP contribution in [0.2, 0.25) is 16.6 Å². The summed E-state index contributed by atoms with van der Waals surface area (Å²) in [5, 5.41) is 0.939. The first-order valence-corrected chi connectivity index (χ1v) is 14.7. The van der Waals surface area contributed by atoms with Crippen LogP contribution in [-0.2, 0) is 4.43 Å². The van der Waals surface area contributed by atoms with Crippen LogP contribution in [0.4, 0.5) is 0 Å². The molecule has 1 atom stereocenters. The summed E-state index contributed by atoms with van der Waals surface area (Å²) in [6.07, 6.45) is 3.42. The van der Waals surface area contributed by atoms with Crippen molar-refractivity contribution in [3.63, 3.8) is 0 Å². The molecule has 0 aliphatic carbocycles. The van der Waals surface area contributed by atoms with Crippen molar-refractivity contribution in [2.75, 3.05) is 19.0 Å². The maximum atomic E-state index is 6.72. The molecule has 1 rings (SSSR count). The van der Waals surface area contributed by atoms with Gasteiger partial charge in [0.05, 0.1) is 7.11 Å². The van der Waals surface area contributed by atoms with Gasteiger partial charge in [0.25, 0.3) is 0 Å². The van der Waals surface area contributed by atoms with E-state index in [0.29, 0.717) is 22.5 Å². The van der Waals surface area contributed by atoms with Crippen LogP contribution in [0, 0.1) is 6.92 Å². The van der Waals surface area contributed by atoms with Crippen molar-refractivity contribution in [2.24, 2.45) is 0 Å². The molecule has 0 radical (unpaired) electrons. The molecule has 0 aliphatic heterocycles. The number of unbranched alkanes of at least 4 members (excludes halogenated alkanes) is 1. The van der Waals surface area contributed by atoms with Crippen molar-refractivity contribution >= 4 is 40.2 Å². The number of benzene rings is 1. The van der Waals surface area contributed by atoms with Crippen molar-refractivity contribution in [3.05, 3.63) is 27.7 Å². The van der Waals surface area contributed by atoms with Gasteiger partial charge in [-0.2, -0.15) is 0 Å². The molecule has 1 unspecified atom stereocenters. The van der Waals surface area contributed by atoms with Gasteiger partial charge in [-0.15, -0.1) is 0 Å². The highest BCUT2D eigenvalue weighted by atomic mass is 79.9. The zero-order valence-corrected chi connectivity index (χ0v) is 23.2. The molecule has 0 aliphatic rings. The number of rotatable bonds is 12. The highest BCUT2D eigenvalue weighted by Gasteiger charge is 2.44. The van der Waals surface area contributed by atoms with E-state index < -0.39 is 8.32 Å². The lowest BCUT2D eigenvalue weighted by Crippen LogP contribution is -2.47. The Balaban J connectivity index is 2.74. The minimum absolute atomic E-state index is 0.437. The van der Waals surface area contributed by atoms with Gasteiger partial charge >= 0.3 is 0 Å². The molecule has 1 aromatic carbocycles. The summed E-state index contributed by atoms with van der Waals surface area (Å²) in [7, 11) is 0.0127. The Labute approximate surface area is 191 Å². The molecule has 0 fully saturated rings. The summed E-state index contributed by atoms with van der Waals surface area (Å²) < 4.78 is 13.5. The van der Waals surface area contributed by atoms with E-state index in [4.69, 9.17) is 9.16 Å². The fourth-order valence-electron chi connectivity index (χ4n) is 4.78. The van der Waals surface area contributed by atoms with Crippen LogP contribution in [0.5, 0.6) is 5.75 Å². The smallest absolute Gasteiger partial charge is 0.200 e. The summed E-state index contributed by atoms with van der Waals surface area (Å²) in [6, 6.07) is 4.20. The van der Waals surface area contributed by atoms with Gasteiger partial charge in [0.15, 0.2) is 8.32 Å². The SMILES string of the molecule is COc1ccc(C)c(Br)c1C(CBr)CCCCO[Si](C(C)C)(C(C)C)C(C)C. The predicted molar refractivity (Wildman–Crippen MR) is 133 cm³/mol. The molecule has 0 bridgehead atoms. The predicted octanol–water partition coefficient (Wildman–Crippen LogP) is 8.61. The van der Waals surface area contributed by atoms with E-state index in [1.807, 2.05) is 0 Å². The van der Waals surface area contributed by atoms with Gasteiger partial charge in [0, 0.05) is 22.0 Å². The van der Waals surface area contributed by atoms with Crippen LogP contribution in [0.1, 0.15) is 77.8 Å². The Morgan fingerprint density at radius 2 is 1.54 bits per heavy atom. The highest BCUT2D eigenvalue weighted by Crippen LogP contribution is 2.43. The van der Waals surface area contributed by atoms with Gasteiger partial charge < -0.3 is 9.16 Å². The van der Waals surface area contributed by atoms with Gasteiger partial charge in [-0.05, 0) is 53.9 Å². The van der Waals surface area contributed by atoms with Crippen molar-refractivity contribution in [2.45, 2.75) is 90.3 Å². The monoisotopic (exact) mass is 534 g/mol. The first-order valence-electron chi connectivity index (χ1n) is 10.7. The lowest BCUT2D eigenvalue weighted by atomic mass is 9.93. The van der Waals surface area contributed by atoms with Crippen molar-refractivity contribution in [3.8, 4) is 5.75 Å². The fourth-order valence-corrected chi connectivity index (χ4v) is 11.6. The van der Waals surface area contributed by atoms with Gasteiger partial charge in [0.2, 0.25) is 0 Å². The second kappa shape index (κ2) is 12.1. The van der Waals surface area contributed by atoms with E-state index in [2.05, 4.69) is 92.5 Å². The third-order valence-electron chi connectivity index (χ3n) is 6.15. The molecule has 0 saturated carbocycles. The third kappa shape index (κ3) is 6.09. The highest BCUT2D eigenvalue weighted by molar-refractivity contribution is 9.10. The van der Waals surface area contributed by atoms with Gasteiger partial charge in [0.1, 0.15) is 5.75 Å². The number of aryl methyl sites for hydroxylation is 1. The second-order valence-electron chi connectivity index (χ2n) is 8.83. The number of ether oxygens (including phenoxy) is 1. The molecule has 0 N–H and O–H groups in total. The van der Waals surface area contributed by atoms with E-state index in [9.17, 15) is 0 Å². The molecular formula is C23H40Br2O2Si. The summed E-state index contributed by atoms with van der Waals surface area (Å²) in [4.78, 5) is 0. The molecule has 0 saturated heterocycles. The number of hydrogen-bond acceptors (Lipinski definition) is 2. The lowest BCUT2D eigenvalue weighted by molar-refractivity contribution is 0.267. The normalized spacial score (nSPS) is 13.6.